The number of ether oxygens (including phenoxy) is 1. The summed E-state index contributed by atoms with van der Waals surface area (Å²) >= 11 is 0. The van der Waals surface area contributed by atoms with Crippen LogP contribution < -0.4 is 0 Å². The maximum absolute atomic E-state index is 12.6. The van der Waals surface area contributed by atoms with Gasteiger partial charge in [-0.3, -0.25) is 0 Å². The van der Waals surface area contributed by atoms with Crippen molar-refractivity contribution in [2.45, 2.75) is 13.1 Å². The van der Waals surface area contributed by atoms with Gasteiger partial charge in [0, 0.05) is 6.61 Å². The van der Waals surface area contributed by atoms with Gasteiger partial charge in [0.15, 0.2) is 0 Å². The van der Waals surface area contributed by atoms with E-state index in [4.69, 9.17) is 4.74 Å². The summed E-state index contributed by atoms with van der Waals surface area (Å²) in [7, 11) is 0. The summed E-state index contributed by atoms with van der Waals surface area (Å²) < 4.78 is 42.7. The van der Waals surface area contributed by atoms with Crippen molar-refractivity contribution in [3.63, 3.8) is 0 Å². The van der Waals surface area contributed by atoms with Gasteiger partial charge in [0.2, 0.25) is 0 Å². The quantitative estimate of drug-likeness (QED) is 0.716. The molecule has 1 aromatic carbocycles. The molecule has 0 atom stereocenters. The van der Waals surface area contributed by atoms with Gasteiger partial charge in [0.05, 0.1) is 12.2 Å². The van der Waals surface area contributed by atoms with Gasteiger partial charge in [0.25, 0.3) is 0 Å². The van der Waals surface area contributed by atoms with Crippen molar-refractivity contribution in [2.24, 2.45) is 0 Å². The highest BCUT2D eigenvalue weighted by Crippen LogP contribution is 2.32. The van der Waals surface area contributed by atoms with Crippen LogP contribution in [0.2, 0.25) is 0 Å². The van der Waals surface area contributed by atoms with Crippen molar-refractivity contribution >= 4 is 6.08 Å². The lowest BCUT2D eigenvalue weighted by Crippen LogP contribution is -2.06. The molecular weight excluding hydrogens is 217 g/mol. The summed E-state index contributed by atoms with van der Waals surface area (Å²) in [4.78, 5) is 0. The monoisotopic (exact) mass is 230 g/mol. The van der Waals surface area contributed by atoms with Crippen molar-refractivity contribution in [3.05, 3.63) is 41.5 Å². The van der Waals surface area contributed by atoms with Crippen LogP contribution >= 0.6 is 0 Å². The van der Waals surface area contributed by atoms with Crippen LogP contribution in [-0.2, 0) is 10.9 Å². The Morgan fingerprint density at radius 1 is 1.25 bits per heavy atom. The topological polar surface area (TPSA) is 9.23 Å². The summed E-state index contributed by atoms with van der Waals surface area (Å²) in [6.45, 7) is 2.70. The number of rotatable bonds is 4. The van der Waals surface area contributed by atoms with Gasteiger partial charge in [-0.05, 0) is 18.6 Å². The highest BCUT2D eigenvalue weighted by molar-refractivity contribution is 5.54. The average molecular weight is 230 g/mol. The fraction of sp³-hybridized carbons (Fsp3) is 0.333. The molecule has 0 unspecified atom stereocenters. The maximum Gasteiger partial charge on any atom is 0.416 e. The number of hydrogen-bond acceptors (Lipinski definition) is 1. The van der Waals surface area contributed by atoms with Crippen LogP contribution in [0, 0.1) is 0 Å². The van der Waals surface area contributed by atoms with Crippen LogP contribution in [0.25, 0.3) is 6.08 Å². The first-order valence-corrected chi connectivity index (χ1v) is 4.96. The maximum atomic E-state index is 12.6. The van der Waals surface area contributed by atoms with Gasteiger partial charge >= 0.3 is 6.18 Å². The normalized spacial score (nSPS) is 12.2. The summed E-state index contributed by atoms with van der Waals surface area (Å²) in [6, 6.07) is 5.46. The third kappa shape index (κ3) is 3.70. The third-order valence-electron chi connectivity index (χ3n) is 1.98. The molecule has 16 heavy (non-hydrogen) atoms. The lowest BCUT2D eigenvalue weighted by Gasteiger charge is -2.09. The Balaban J connectivity index is 2.83. The van der Waals surface area contributed by atoms with Crippen molar-refractivity contribution in [2.75, 3.05) is 13.2 Å². The van der Waals surface area contributed by atoms with E-state index in [0.29, 0.717) is 13.2 Å². The van der Waals surface area contributed by atoms with Gasteiger partial charge < -0.3 is 4.74 Å². The molecule has 0 bridgehead atoms. The van der Waals surface area contributed by atoms with E-state index in [1.165, 1.54) is 18.2 Å². The Morgan fingerprint density at radius 2 is 1.94 bits per heavy atom. The summed E-state index contributed by atoms with van der Waals surface area (Å²) in [5.41, 5.74) is -0.461. The van der Waals surface area contributed by atoms with Crippen LogP contribution in [0.4, 0.5) is 13.2 Å². The minimum atomic E-state index is -4.31. The standard InChI is InChI=1S/C12H13F3O/c1-2-16-9-5-7-10-6-3-4-8-11(10)12(13,14)15/h3-8H,2,9H2,1H3. The molecule has 0 spiro atoms. The Hall–Kier alpha value is -1.29. The second kappa shape index (κ2) is 5.70. The largest absolute Gasteiger partial charge is 0.416 e. The van der Waals surface area contributed by atoms with E-state index < -0.39 is 11.7 Å². The molecule has 0 heterocycles. The summed E-state index contributed by atoms with van der Waals surface area (Å²) in [6.07, 6.45) is -1.31. The molecule has 0 aliphatic carbocycles. The third-order valence-corrected chi connectivity index (χ3v) is 1.98. The molecule has 1 rings (SSSR count). The highest BCUT2D eigenvalue weighted by atomic mass is 19.4. The Bertz CT molecular complexity index is 356. The van der Waals surface area contributed by atoms with E-state index in [9.17, 15) is 13.2 Å². The number of halogens is 3. The molecule has 0 radical (unpaired) electrons. The van der Waals surface area contributed by atoms with Crippen LogP contribution in [0.3, 0.4) is 0 Å². The Labute approximate surface area is 92.5 Å². The molecule has 4 heteroatoms. The highest BCUT2D eigenvalue weighted by Gasteiger charge is 2.32. The molecule has 0 saturated heterocycles. The summed E-state index contributed by atoms with van der Waals surface area (Å²) in [5.74, 6) is 0. The first-order valence-electron chi connectivity index (χ1n) is 4.96. The van der Waals surface area contributed by atoms with E-state index in [2.05, 4.69) is 0 Å². The fourth-order valence-corrected chi connectivity index (χ4v) is 1.26. The van der Waals surface area contributed by atoms with Gasteiger partial charge in [0.1, 0.15) is 0 Å². The molecule has 0 aromatic heterocycles. The number of alkyl halides is 3. The van der Waals surface area contributed by atoms with Crippen molar-refractivity contribution in [3.8, 4) is 0 Å². The predicted molar refractivity (Wildman–Crippen MR) is 57.0 cm³/mol. The van der Waals surface area contributed by atoms with Crippen LogP contribution in [0.5, 0.6) is 0 Å². The van der Waals surface area contributed by atoms with E-state index in [0.717, 1.165) is 6.07 Å². The van der Waals surface area contributed by atoms with Crippen LogP contribution in [0.1, 0.15) is 18.1 Å². The van der Waals surface area contributed by atoms with E-state index in [1.807, 2.05) is 6.92 Å². The van der Waals surface area contributed by atoms with E-state index in [-0.39, 0.29) is 5.56 Å². The molecule has 0 aliphatic rings. The van der Waals surface area contributed by atoms with E-state index >= 15 is 0 Å². The predicted octanol–water partition coefficient (Wildman–Crippen LogP) is 3.76. The molecule has 0 saturated carbocycles. The zero-order chi connectivity index (χ0) is 12.0. The minimum absolute atomic E-state index is 0.162. The first-order chi connectivity index (χ1) is 7.55. The molecule has 1 nitrogen and oxygen atoms in total. The second-order valence-corrected chi connectivity index (χ2v) is 3.15. The van der Waals surface area contributed by atoms with Gasteiger partial charge in [-0.1, -0.05) is 30.4 Å². The molecule has 0 amide bonds. The van der Waals surface area contributed by atoms with Crippen LogP contribution in [-0.4, -0.2) is 13.2 Å². The lowest BCUT2D eigenvalue weighted by molar-refractivity contribution is -0.137. The van der Waals surface area contributed by atoms with E-state index in [1.54, 1.807) is 12.1 Å². The molecule has 0 aliphatic heterocycles. The Morgan fingerprint density at radius 3 is 2.56 bits per heavy atom. The number of hydrogen-bond donors (Lipinski definition) is 0. The first kappa shape index (κ1) is 12.8. The van der Waals surface area contributed by atoms with Crippen molar-refractivity contribution < 1.29 is 17.9 Å². The smallest absolute Gasteiger partial charge is 0.378 e. The van der Waals surface area contributed by atoms with Crippen molar-refractivity contribution in [1.29, 1.82) is 0 Å². The molecule has 0 fully saturated rings. The van der Waals surface area contributed by atoms with Gasteiger partial charge in [-0.25, -0.2) is 0 Å². The molecule has 88 valence electrons. The summed E-state index contributed by atoms with van der Waals surface area (Å²) in [5, 5.41) is 0. The fourth-order valence-electron chi connectivity index (χ4n) is 1.26. The van der Waals surface area contributed by atoms with Crippen LogP contribution in [0.15, 0.2) is 30.3 Å². The van der Waals surface area contributed by atoms with Gasteiger partial charge in [-0.2, -0.15) is 13.2 Å². The zero-order valence-corrected chi connectivity index (χ0v) is 8.92. The second-order valence-electron chi connectivity index (χ2n) is 3.15. The SMILES string of the molecule is CCOCC=Cc1ccccc1C(F)(F)F. The minimum Gasteiger partial charge on any atom is -0.378 e. The molecular formula is C12H13F3O. The molecule has 1 aromatic rings. The average Bonchev–Trinajstić information content (AvgIpc) is 2.24. The Kier molecular flexibility index (Phi) is 4.55. The zero-order valence-electron chi connectivity index (χ0n) is 8.92. The van der Waals surface area contributed by atoms with Gasteiger partial charge in [-0.15, -0.1) is 0 Å². The van der Waals surface area contributed by atoms with Crippen molar-refractivity contribution in [1.82, 2.24) is 0 Å². The molecule has 0 N–H and O–H groups in total. The lowest BCUT2D eigenvalue weighted by atomic mass is 10.1. The number of benzene rings is 1.